The van der Waals surface area contributed by atoms with Crippen molar-refractivity contribution in [1.82, 2.24) is 10.2 Å². The van der Waals surface area contributed by atoms with Gasteiger partial charge in [-0.15, -0.1) is 0 Å². The van der Waals surface area contributed by atoms with Crippen molar-refractivity contribution in [1.29, 1.82) is 0 Å². The monoisotopic (exact) mass is 330 g/mol. The van der Waals surface area contributed by atoms with Gasteiger partial charge >= 0.3 is 6.09 Å². The van der Waals surface area contributed by atoms with Crippen molar-refractivity contribution in [3.8, 4) is 0 Å². The van der Waals surface area contributed by atoms with Gasteiger partial charge in [-0.05, 0) is 54.4 Å². The van der Waals surface area contributed by atoms with Gasteiger partial charge in [0.15, 0.2) is 0 Å². The Morgan fingerprint density at radius 2 is 1.61 bits per heavy atom. The number of aliphatic hydroxyl groups excluding tert-OH is 1. The molecule has 0 aliphatic carbocycles. The zero-order valence-corrected chi connectivity index (χ0v) is 16.5. The maximum absolute atomic E-state index is 12.4. The first-order valence-electron chi connectivity index (χ1n) is 8.73. The van der Waals surface area contributed by atoms with Crippen molar-refractivity contribution in [3.05, 3.63) is 0 Å². The molecule has 0 bridgehead atoms. The highest BCUT2D eigenvalue weighted by Crippen LogP contribution is 2.24. The summed E-state index contributed by atoms with van der Waals surface area (Å²) in [7, 11) is 0. The molecule has 5 nitrogen and oxygen atoms in total. The summed E-state index contributed by atoms with van der Waals surface area (Å²) < 4.78 is 5.51. The van der Waals surface area contributed by atoms with E-state index in [1.807, 2.05) is 41.5 Å². The average Bonchev–Trinajstić information content (AvgIpc) is 2.40. The Labute approximate surface area is 142 Å². The van der Waals surface area contributed by atoms with E-state index in [-0.39, 0.29) is 23.7 Å². The average molecular weight is 331 g/mol. The number of nitrogens with zero attached hydrogens (tertiary/aromatic N) is 1. The topological polar surface area (TPSA) is 61.8 Å². The number of rotatable bonds is 8. The first kappa shape index (κ1) is 22.2. The fourth-order valence-electron chi connectivity index (χ4n) is 2.34. The van der Waals surface area contributed by atoms with Gasteiger partial charge in [-0.2, -0.15) is 0 Å². The third-order valence-corrected chi connectivity index (χ3v) is 4.27. The summed E-state index contributed by atoms with van der Waals surface area (Å²) in [6, 6.07) is 0. The van der Waals surface area contributed by atoms with Gasteiger partial charge in [0.25, 0.3) is 0 Å². The van der Waals surface area contributed by atoms with E-state index < -0.39 is 5.60 Å². The van der Waals surface area contributed by atoms with Crippen LogP contribution in [0.1, 0.15) is 68.2 Å². The van der Waals surface area contributed by atoms with Crippen LogP contribution in [0, 0.1) is 5.41 Å². The van der Waals surface area contributed by atoms with Crippen LogP contribution in [-0.4, -0.2) is 53.5 Å². The van der Waals surface area contributed by atoms with Gasteiger partial charge in [-0.3, -0.25) is 0 Å². The second kappa shape index (κ2) is 8.88. The molecule has 0 saturated heterocycles. The van der Waals surface area contributed by atoms with Gasteiger partial charge in [0, 0.05) is 37.2 Å². The van der Waals surface area contributed by atoms with Gasteiger partial charge in [-0.25, -0.2) is 4.79 Å². The SMILES string of the molecule is CCC(CC)(CO)CNCCN(C(=O)OC(C)(C)C)C(C)(C)C. The number of nitrogens with one attached hydrogen (secondary N) is 1. The van der Waals surface area contributed by atoms with Gasteiger partial charge in [-0.1, -0.05) is 13.8 Å². The quantitative estimate of drug-likeness (QED) is 0.670. The van der Waals surface area contributed by atoms with Gasteiger partial charge in [0.2, 0.25) is 0 Å². The molecule has 5 heteroatoms. The van der Waals surface area contributed by atoms with E-state index in [2.05, 4.69) is 19.2 Å². The predicted molar refractivity (Wildman–Crippen MR) is 95.7 cm³/mol. The highest BCUT2D eigenvalue weighted by molar-refractivity contribution is 5.69. The summed E-state index contributed by atoms with van der Waals surface area (Å²) in [5.41, 5.74) is -0.865. The molecule has 0 spiro atoms. The largest absolute Gasteiger partial charge is 0.444 e. The Balaban J connectivity index is 4.63. The second-order valence-corrected chi connectivity index (χ2v) is 8.34. The van der Waals surface area contributed by atoms with Crippen molar-refractivity contribution < 1.29 is 14.6 Å². The second-order valence-electron chi connectivity index (χ2n) is 8.34. The maximum atomic E-state index is 12.4. The number of aliphatic hydroxyl groups is 1. The van der Waals surface area contributed by atoms with Crippen molar-refractivity contribution in [3.63, 3.8) is 0 Å². The molecule has 0 rings (SSSR count). The van der Waals surface area contributed by atoms with Crippen LogP contribution in [0.15, 0.2) is 0 Å². The van der Waals surface area contributed by atoms with Gasteiger partial charge in [0.05, 0.1) is 0 Å². The van der Waals surface area contributed by atoms with Gasteiger partial charge < -0.3 is 20.1 Å². The molecule has 0 aromatic carbocycles. The summed E-state index contributed by atoms with van der Waals surface area (Å²) in [4.78, 5) is 14.2. The Hall–Kier alpha value is -0.810. The van der Waals surface area contributed by atoms with Crippen molar-refractivity contribution >= 4 is 6.09 Å². The molecular formula is C18H38N2O3. The molecule has 0 radical (unpaired) electrons. The van der Waals surface area contributed by atoms with E-state index >= 15 is 0 Å². The molecule has 0 aromatic heterocycles. The molecule has 0 aromatic rings. The van der Waals surface area contributed by atoms with Crippen LogP contribution >= 0.6 is 0 Å². The zero-order valence-electron chi connectivity index (χ0n) is 16.5. The summed E-state index contributed by atoms with van der Waals surface area (Å²) >= 11 is 0. The Morgan fingerprint density at radius 1 is 1.09 bits per heavy atom. The molecule has 23 heavy (non-hydrogen) atoms. The van der Waals surface area contributed by atoms with Crippen LogP contribution in [-0.2, 0) is 4.74 Å². The van der Waals surface area contributed by atoms with Gasteiger partial charge in [0.1, 0.15) is 5.60 Å². The number of hydrogen-bond donors (Lipinski definition) is 2. The smallest absolute Gasteiger partial charge is 0.410 e. The van der Waals surface area contributed by atoms with Crippen LogP contribution in [0.2, 0.25) is 0 Å². The van der Waals surface area contributed by atoms with Crippen LogP contribution in [0.25, 0.3) is 0 Å². The van der Waals surface area contributed by atoms with Crippen LogP contribution in [0.5, 0.6) is 0 Å². The summed E-state index contributed by atoms with van der Waals surface area (Å²) in [6.45, 7) is 18.0. The molecule has 0 aliphatic rings. The van der Waals surface area contributed by atoms with Crippen LogP contribution < -0.4 is 5.32 Å². The van der Waals surface area contributed by atoms with Crippen LogP contribution in [0.3, 0.4) is 0 Å². The third kappa shape index (κ3) is 8.02. The molecule has 2 N–H and O–H groups in total. The fraction of sp³-hybridized carbons (Fsp3) is 0.944. The molecule has 138 valence electrons. The standard InChI is InChI=1S/C18H38N2O3/c1-9-18(10-2,14-21)13-19-11-12-20(16(3,4)5)15(22)23-17(6,7)8/h19,21H,9-14H2,1-8H3. The molecule has 0 fully saturated rings. The maximum Gasteiger partial charge on any atom is 0.410 e. The minimum absolute atomic E-state index is 0.0710. The van der Waals surface area contributed by atoms with E-state index in [4.69, 9.17) is 4.74 Å². The highest BCUT2D eigenvalue weighted by Gasteiger charge is 2.30. The Kier molecular flexibility index (Phi) is 8.57. The van der Waals surface area contributed by atoms with E-state index in [0.717, 1.165) is 19.4 Å². The number of hydrogen-bond acceptors (Lipinski definition) is 4. The normalized spacial score (nSPS) is 13.1. The summed E-state index contributed by atoms with van der Waals surface area (Å²) in [5, 5.41) is 13.0. The third-order valence-electron chi connectivity index (χ3n) is 4.27. The first-order chi connectivity index (χ1) is 10.4. The lowest BCUT2D eigenvalue weighted by molar-refractivity contribution is 0.00627. The summed E-state index contributed by atoms with van der Waals surface area (Å²) in [6.07, 6.45) is 1.58. The van der Waals surface area contributed by atoms with Crippen molar-refractivity contribution in [2.45, 2.75) is 79.4 Å². The molecule has 1 amide bonds. The minimum atomic E-state index is -0.496. The number of carbonyl (C=O) groups is 1. The Bertz CT molecular complexity index is 344. The number of ether oxygens (including phenoxy) is 1. The molecule has 0 aliphatic heterocycles. The Morgan fingerprint density at radius 3 is 1.96 bits per heavy atom. The predicted octanol–water partition coefficient (Wildman–Crippen LogP) is 3.41. The molecular weight excluding hydrogens is 292 g/mol. The number of amides is 1. The lowest BCUT2D eigenvalue weighted by Gasteiger charge is -2.37. The lowest BCUT2D eigenvalue weighted by atomic mass is 9.83. The number of carbonyl (C=O) groups excluding carboxylic acids is 1. The first-order valence-corrected chi connectivity index (χ1v) is 8.73. The molecule has 0 atom stereocenters. The highest BCUT2D eigenvalue weighted by atomic mass is 16.6. The van der Waals surface area contributed by atoms with Crippen molar-refractivity contribution in [2.24, 2.45) is 5.41 Å². The fourth-order valence-corrected chi connectivity index (χ4v) is 2.34. The lowest BCUT2D eigenvalue weighted by Crippen LogP contribution is -2.51. The van der Waals surface area contributed by atoms with Crippen molar-refractivity contribution in [2.75, 3.05) is 26.2 Å². The zero-order chi connectivity index (χ0) is 18.3. The van der Waals surface area contributed by atoms with E-state index in [1.165, 1.54) is 0 Å². The van der Waals surface area contributed by atoms with Crippen LogP contribution in [0.4, 0.5) is 4.79 Å². The van der Waals surface area contributed by atoms with E-state index in [1.54, 1.807) is 4.90 Å². The van der Waals surface area contributed by atoms with E-state index in [9.17, 15) is 9.90 Å². The minimum Gasteiger partial charge on any atom is -0.444 e. The molecule has 0 unspecified atom stereocenters. The molecule has 0 saturated carbocycles. The molecule has 0 heterocycles. The van der Waals surface area contributed by atoms with E-state index in [0.29, 0.717) is 13.1 Å². The summed E-state index contributed by atoms with van der Waals surface area (Å²) in [5.74, 6) is 0.